The maximum atomic E-state index is 12.4. The minimum absolute atomic E-state index is 0.00717. The van der Waals surface area contributed by atoms with E-state index < -0.39 is 0 Å². The first-order chi connectivity index (χ1) is 13.3. The number of aromatic nitrogens is 2. The van der Waals surface area contributed by atoms with Gasteiger partial charge in [-0.2, -0.15) is 0 Å². The van der Waals surface area contributed by atoms with E-state index in [9.17, 15) is 4.79 Å². The Morgan fingerprint density at radius 2 is 1.67 bits per heavy atom. The molecule has 2 aromatic carbocycles. The van der Waals surface area contributed by atoms with Crippen molar-refractivity contribution in [3.8, 4) is 11.4 Å². The minimum Gasteiger partial charge on any atom is -0.331 e. The molecule has 1 saturated heterocycles. The molecule has 1 aromatic heterocycles. The van der Waals surface area contributed by atoms with E-state index in [1.807, 2.05) is 59.6 Å². The zero-order valence-corrected chi connectivity index (χ0v) is 15.3. The first-order valence-corrected chi connectivity index (χ1v) is 9.47. The average Bonchev–Trinajstić information content (AvgIpc) is 3.18. The molecule has 0 saturated carbocycles. The Bertz CT molecular complexity index is 868. The molecule has 1 aliphatic rings. The van der Waals surface area contributed by atoms with E-state index in [-0.39, 0.29) is 6.03 Å². The zero-order valence-electron chi connectivity index (χ0n) is 15.3. The van der Waals surface area contributed by atoms with Crippen LogP contribution in [-0.4, -0.2) is 33.6 Å². The van der Waals surface area contributed by atoms with Gasteiger partial charge >= 0.3 is 6.03 Å². The van der Waals surface area contributed by atoms with Crippen molar-refractivity contribution in [3.63, 3.8) is 0 Å². The van der Waals surface area contributed by atoms with Crippen molar-refractivity contribution in [2.75, 3.05) is 18.4 Å². The lowest BCUT2D eigenvalue weighted by atomic mass is 9.97. The largest absolute Gasteiger partial charge is 0.331 e. The second-order valence-corrected chi connectivity index (χ2v) is 7.00. The molecule has 4 rings (SSSR count). The smallest absolute Gasteiger partial charge is 0.321 e. The van der Waals surface area contributed by atoms with Crippen LogP contribution in [0.15, 0.2) is 73.1 Å². The average molecular weight is 360 g/mol. The summed E-state index contributed by atoms with van der Waals surface area (Å²) >= 11 is 0. The van der Waals surface area contributed by atoms with E-state index in [1.54, 1.807) is 0 Å². The summed E-state index contributed by atoms with van der Waals surface area (Å²) in [4.78, 5) is 18.9. The third-order valence-electron chi connectivity index (χ3n) is 5.13. The molecule has 2 heterocycles. The Hall–Kier alpha value is -3.08. The van der Waals surface area contributed by atoms with Gasteiger partial charge in [-0.3, -0.25) is 0 Å². The highest BCUT2D eigenvalue weighted by molar-refractivity contribution is 5.89. The normalized spacial score (nSPS) is 14.9. The van der Waals surface area contributed by atoms with Crippen LogP contribution in [0.25, 0.3) is 11.4 Å². The van der Waals surface area contributed by atoms with Crippen molar-refractivity contribution in [3.05, 3.63) is 73.1 Å². The molecule has 1 aliphatic heterocycles. The topological polar surface area (TPSA) is 50.2 Å². The molecular weight excluding hydrogens is 336 g/mol. The van der Waals surface area contributed by atoms with Crippen LogP contribution in [-0.2, 0) is 6.54 Å². The second-order valence-electron chi connectivity index (χ2n) is 7.00. The third kappa shape index (κ3) is 4.19. The quantitative estimate of drug-likeness (QED) is 0.745. The van der Waals surface area contributed by atoms with Crippen molar-refractivity contribution >= 4 is 11.7 Å². The summed E-state index contributed by atoms with van der Waals surface area (Å²) in [6.07, 6.45) is 5.94. The highest BCUT2D eigenvalue weighted by atomic mass is 16.2. The predicted molar refractivity (Wildman–Crippen MR) is 107 cm³/mol. The van der Waals surface area contributed by atoms with Crippen molar-refractivity contribution in [1.29, 1.82) is 0 Å². The van der Waals surface area contributed by atoms with Gasteiger partial charge in [0.15, 0.2) is 0 Å². The van der Waals surface area contributed by atoms with Crippen LogP contribution in [0, 0.1) is 5.92 Å². The number of anilines is 1. The van der Waals surface area contributed by atoms with Crippen LogP contribution < -0.4 is 5.32 Å². The number of hydrogen-bond acceptors (Lipinski definition) is 2. The van der Waals surface area contributed by atoms with Crippen molar-refractivity contribution in [2.24, 2.45) is 5.92 Å². The molecule has 0 bridgehead atoms. The fourth-order valence-electron chi connectivity index (χ4n) is 3.62. The summed E-state index contributed by atoms with van der Waals surface area (Å²) in [6.45, 7) is 2.52. The molecule has 3 aromatic rings. The number of carbonyl (C=O) groups is 1. The number of benzene rings is 2. The number of hydrogen-bond donors (Lipinski definition) is 1. The summed E-state index contributed by atoms with van der Waals surface area (Å²) in [5.41, 5.74) is 1.98. The van der Waals surface area contributed by atoms with E-state index >= 15 is 0 Å². The number of piperidine rings is 1. The number of carbonyl (C=O) groups excluding carboxylic acids is 1. The van der Waals surface area contributed by atoms with Gasteiger partial charge in [0, 0.05) is 43.3 Å². The van der Waals surface area contributed by atoms with E-state index in [0.717, 1.165) is 49.6 Å². The maximum Gasteiger partial charge on any atom is 0.321 e. The summed E-state index contributed by atoms with van der Waals surface area (Å²) in [6, 6.07) is 19.9. The Morgan fingerprint density at radius 3 is 2.37 bits per heavy atom. The first-order valence-electron chi connectivity index (χ1n) is 9.47. The number of para-hydroxylation sites is 1. The molecule has 5 nitrogen and oxygen atoms in total. The number of rotatable bonds is 4. The maximum absolute atomic E-state index is 12.4. The summed E-state index contributed by atoms with van der Waals surface area (Å²) in [7, 11) is 0. The Balaban J connectivity index is 1.33. The van der Waals surface area contributed by atoms with Crippen LogP contribution >= 0.6 is 0 Å². The lowest BCUT2D eigenvalue weighted by Gasteiger charge is -2.32. The second kappa shape index (κ2) is 8.08. The lowest BCUT2D eigenvalue weighted by molar-refractivity contribution is 0.177. The van der Waals surface area contributed by atoms with Crippen LogP contribution in [0.3, 0.4) is 0 Å². The summed E-state index contributed by atoms with van der Waals surface area (Å²) in [5.74, 6) is 1.57. The van der Waals surface area contributed by atoms with Crippen molar-refractivity contribution in [1.82, 2.24) is 14.5 Å². The number of likely N-dealkylation sites (tertiary alicyclic amines) is 1. The van der Waals surface area contributed by atoms with Gasteiger partial charge in [-0.25, -0.2) is 9.78 Å². The number of nitrogens with one attached hydrogen (secondary N) is 1. The van der Waals surface area contributed by atoms with Gasteiger partial charge in [-0.1, -0.05) is 48.5 Å². The predicted octanol–water partition coefficient (Wildman–Crippen LogP) is 4.49. The fraction of sp³-hybridized carbons (Fsp3) is 0.273. The molecule has 0 radical (unpaired) electrons. The number of imidazole rings is 1. The number of amides is 2. The van der Waals surface area contributed by atoms with Gasteiger partial charge < -0.3 is 14.8 Å². The molecule has 138 valence electrons. The lowest BCUT2D eigenvalue weighted by Crippen LogP contribution is -2.41. The fourth-order valence-corrected chi connectivity index (χ4v) is 3.62. The number of urea groups is 1. The van der Waals surface area contributed by atoms with E-state index in [2.05, 4.69) is 33.2 Å². The molecular formula is C22H24N4O. The van der Waals surface area contributed by atoms with E-state index in [1.165, 1.54) is 0 Å². The highest BCUT2D eigenvalue weighted by Crippen LogP contribution is 2.23. The molecule has 5 heteroatoms. The molecule has 0 atom stereocenters. The summed E-state index contributed by atoms with van der Waals surface area (Å²) < 4.78 is 2.24. The van der Waals surface area contributed by atoms with Gasteiger partial charge in [-0.15, -0.1) is 0 Å². The van der Waals surface area contributed by atoms with Gasteiger partial charge in [0.05, 0.1) is 0 Å². The molecule has 0 unspecified atom stereocenters. The highest BCUT2D eigenvalue weighted by Gasteiger charge is 2.23. The van der Waals surface area contributed by atoms with Crippen LogP contribution in [0.1, 0.15) is 12.8 Å². The number of nitrogens with zero attached hydrogens (tertiary/aromatic N) is 3. The Kier molecular flexibility index (Phi) is 5.19. The van der Waals surface area contributed by atoms with Crippen LogP contribution in [0.2, 0.25) is 0 Å². The molecule has 0 spiro atoms. The molecule has 0 aliphatic carbocycles. The summed E-state index contributed by atoms with van der Waals surface area (Å²) in [5, 5.41) is 2.97. The molecule has 1 N–H and O–H groups in total. The van der Waals surface area contributed by atoms with Gasteiger partial charge in [0.25, 0.3) is 0 Å². The van der Waals surface area contributed by atoms with Crippen LogP contribution in [0.5, 0.6) is 0 Å². The molecule has 2 amide bonds. The monoisotopic (exact) mass is 360 g/mol. The Labute approximate surface area is 159 Å². The SMILES string of the molecule is O=C(Nc1ccccc1)N1CCC(Cn2ccnc2-c2ccccc2)CC1. The first kappa shape index (κ1) is 17.3. The standard InChI is InChI=1S/C22H24N4O/c27-22(24-20-9-5-2-6-10-20)25-14-11-18(12-15-25)17-26-16-13-23-21(26)19-7-3-1-4-8-19/h1-10,13,16,18H,11-12,14-15,17H2,(H,24,27). The minimum atomic E-state index is -0.00717. The zero-order chi connectivity index (χ0) is 18.5. The van der Waals surface area contributed by atoms with Crippen molar-refractivity contribution in [2.45, 2.75) is 19.4 Å². The van der Waals surface area contributed by atoms with Gasteiger partial charge in [0.1, 0.15) is 5.82 Å². The van der Waals surface area contributed by atoms with E-state index in [0.29, 0.717) is 5.92 Å². The van der Waals surface area contributed by atoms with Gasteiger partial charge in [0.2, 0.25) is 0 Å². The Morgan fingerprint density at radius 1 is 1.00 bits per heavy atom. The molecule has 1 fully saturated rings. The van der Waals surface area contributed by atoms with Gasteiger partial charge in [-0.05, 0) is 30.9 Å². The van der Waals surface area contributed by atoms with E-state index in [4.69, 9.17) is 0 Å². The van der Waals surface area contributed by atoms with Crippen molar-refractivity contribution < 1.29 is 4.79 Å². The third-order valence-corrected chi connectivity index (χ3v) is 5.13. The molecule has 27 heavy (non-hydrogen) atoms. The van der Waals surface area contributed by atoms with Crippen LogP contribution in [0.4, 0.5) is 10.5 Å².